The molecule has 1 rings (SSSR count). The van der Waals surface area contributed by atoms with Crippen molar-refractivity contribution in [3.63, 3.8) is 0 Å². The van der Waals surface area contributed by atoms with Crippen molar-refractivity contribution in [3.05, 3.63) is 10.4 Å². The van der Waals surface area contributed by atoms with Gasteiger partial charge in [0.25, 0.3) is 0 Å². The van der Waals surface area contributed by atoms with E-state index < -0.39 is 37.3 Å². The summed E-state index contributed by atoms with van der Waals surface area (Å²) in [6, 6.07) is -1.27. The van der Waals surface area contributed by atoms with Gasteiger partial charge >= 0.3 is 0 Å². The van der Waals surface area contributed by atoms with Crippen molar-refractivity contribution in [2.75, 3.05) is 6.61 Å². The molecule has 0 radical (unpaired) electrons. The number of hydrogen-bond donors (Lipinski definition) is 4. The molecule has 14 heavy (non-hydrogen) atoms. The van der Waals surface area contributed by atoms with Gasteiger partial charge in [0.15, 0.2) is 6.29 Å². The largest absolute Gasteiger partial charge is 0.394 e. The summed E-state index contributed by atoms with van der Waals surface area (Å²) in [6.45, 7) is -0.543. The first-order chi connectivity index (χ1) is 6.61. The molecule has 80 valence electrons. The highest BCUT2D eigenvalue weighted by molar-refractivity contribution is 4.92. The zero-order chi connectivity index (χ0) is 10.7. The number of nitrogens with zero attached hydrogens (tertiary/aromatic N) is 3. The van der Waals surface area contributed by atoms with Gasteiger partial charge in [0, 0.05) is 4.91 Å². The molecule has 0 aromatic rings. The maximum absolute atomic E-state index is 9.37. The van der Waals surface area contributed by atoms with E-state index in [0.717, 1.165) is 0 Å². The van der Waals surface area contributed by atoms with Crippen molar-refractivity contribution >= 4 is 0 Å². The van der Waals surface area contributed by atoms with Gasteiger partial charge in [0.2, 0.25) is 0 Å². The molecule has 4 N–H and O–H groups in total. The van der Waals surface area contributed by atoms with E-state index in [2.05, 4.69) is 10.0 Å². The van der Waals surface area contributed by atoms with Crippen LogP contribution in [0.4, 0.5) is 0 Å². The van der Waals surface area contributed by atoms with Gasteiger partial charge in [0.05, 0.1) is 12.7 Å². The van der Waals surface area contributed by atoms with Crippen LogP contribution in [0.25, 0.3) is 10.4 Å². The standard InChI is InChI=1S/C6H11N3O5/c7-9-8-3-5(12)4(11)2(1-10)14-6(3)13/h2-6,10-13H,1H2/t2-,3-,4-,5-,6?/m0/s1. The molecule has 1 fully saturated rings. The average Bonchev–Trinajstić information content (AvgIpc) is 2.18. The lowest BCUT2D eigenvalue weighted by Crippen LogP contribution is -2.57. The maximum Gasteiger partial charge on any atom is 0.166 e. The number of aliphatic hydroxyl groups excluding tert-OH is 4. The number of azide groups is 1. The first-order valence-electron chi connectivity index (χ1n) is 3.96. The van der Waals surface area contributed by atoms with Crippen LogP contribution in [0.1, 0.15) is 0 Å². The highest BCUT2D eigenvalue weighted by Crippen LogP contribution is 2.21. The number of aliphatic hydroxyl groups is 4. The second kappa shape index (κ2) is 4.56. The summed E-state index contributed by atoms with van der Waals surface area (Å²) >= 11 is 0. The van der Waals surface area contributed by atoms with Crippen LogP contribution < -0.4 is 0 Å². The fourth-order valence-electron chi connectivity index (χ4n) is 1.27. The van der Waals surface area contributed by atoms with E-state index in [0.29, 0.717) is 0 Å². The minimum absolute atomic E-state index is 0.543. The average molecular weight is 205 g/mol. The SMILES string of the molecule is [N-]=[N+]=N[C@@H]1C(O)O[C@@H](CO)[C@H](O)[C@H]1O. The highest BCUT2D eigenvalue weighted by atomic mass is 16.6. The molecule has 1 heterocycles. The molecule has 0 bridgehead atoms. The van der Waals surface area contributed by atoms with Crippen molar-refractivity contribution in [2.45, 2.75) is 30.6 Å². The maximum atomic E-state index is 9.37. The van der Waals surface area contributed by atoms with Gasteiger partial charge in [-0.25, -0.2) is 0 Å². The van der Waals surface area contributed by atoms with Crippen molar-refractivity contribution in [2.24, 2.45) is 5.11 Å². The van der Waals surface area contributed by atoms with Crippen molar-refractivity contribution in [1.82, 2.24) is 0 Å². The van der Waals surface area contributed by atoms with E-state index >= 15 is 0 Å². The van der Waals surface area contributed by atoms with Gasteiger partial charge in [-0.3, -0.25) is 0 Å². The molecule has 1 aliphatic heterocycles. The molecule has 5 atom stereocenters. The summed E-state index contributed by atoms with van der Waals surface area (Å²) in [5.74, 6) is 0. The van der Waals surface area contributed by atoms with E-state index in [-0.39, 0.29) is 0 Å². The summed E-state index contributed by atoms with van der Waals surface area (Å²) < 4.78 is 4.71. The Bertz CT molecular complexity index is 244. The molecule has 0 aromatic carbocycles. The van der Waals surface area contributed by atoms with Crippen LogP contribution in [0.5, 0.6) is 0 Å². The minimum atomic E-state index is -1.53. The number of ether oxygens (including phenoxy) is 1. The molecule has 1 aliphatic rings. The third-order valence-corrected chi connectivity index (χ3v) is 2.05. The molecule has 1 saturated heterocycles. The van der Waals surface area contributed by atoms with Crippen molar-refractivity contribution < 1.29 is 25.2 Å². The third kappa shape index (κ3) is 1.95. The molecule has 0 amide bonds. The Morgan fingerprint density at radius 3 is 2.43 bits per heavy atom. The van der Waals surface area contributed by atoms with E-state index in [4.69, 9.17) is 15.4 Å². The molecule has 1 unspecified atom stereocenters. The zero-order valence-corrected chi connectivity index (χ0v) is 7.13. The third-order valence-electron chi connectivity index (χ3n) is 2.05. The van der Waals surface area contributed by atoms with Gasteiger partial charge in [-0.05, 0) is 5.53 Å². The highest BCUT2D eigenvalue weighted by Gasteiger charge is 2.43. The van der Waals surface area contributed by atoms with E-state index in [1.807, 2.05) is 0 Å². The lowest BCUT2D eigenvalue weighted by atomic mass is 9.98. The molecule has 8 nitrogen and oxygen atoms in total. The van der Waals surface area contributed by atoms with Crippen LogP contribution in [0.3, 0.4) is 0 Å². The first-order valence-corrected chi connectivity index (χ1v) is 3.96. The Morgan fingerprint density at radius 1 is 1.29 bits per heavy atom. The Labute approximate surface area is 79.0 Å². The van der Waals surface area contributed by atoms with Crippen molar-refractivity contribution in [1.29, 1.82) is 0 Å². The van der Waals surface area contributed by atoms with Crippen LogP contribution in [-0.4, -0.2) is 57.7 Å². The molecule has 0 spiro atoms. The fraction of sp³-hybridized carbons (Fsp3) is 1.00. The smallest absolute Gasteiger partial charge is 0.166 e. The van der Waals surface area contributed by atoms with E-state index in [1.165, 1.54) is 0 Å². The lowest BCUT2D eigenvalue weighted by Gasteiger charge is -2.37. The summed E-state index contributed by atoms with van der Waals surface area (Å²) in [4.78, 5) is 2.40. The van der Waals surface area contributed by atoms with Gasteiger partial charge in [0.1, 0.15) is 18.2 Å². The Morgan fingerprint density at radius 2 is 1.93 bits per heavy atom. The second-order valence-corrected chi connectivity index (χ2v) is 2.92. The van der Waals surface area contributed by atoms with Gasteiger partial charge in [-0.15, -0.1) is 0 Å². The molecule has 8 heteroatoms. The van der Waals surface area contributed by atoms with E-state index in [9.17, 15) is 15.3 Å². The monoisotopic (exact) mass is 205 g/mol. The predicted molar refractivity (Wildman–Crippen MR) is 42.9 cm³/mol. The topological polar surface area (TPSA) is 139 Å². The van der Waals surface area contributed by atoms with Crippen LogP contribution >= 0.6 is 0 Å². The quantitative estimate of drug-likeness (QED) is 0.237. The lowest BCUT2D eigenvalue weighted by molar-refractivity contribution is -0.248. The Hall–Kier alpha value is -0.890. The Balaban J connectivity index is 2.78. The van der Waals surface area contributed by atoms with Crippen LogP contribution in [0, 0.1) is 0 Å². The first kappa shape index (κ1) is 11.2. The minimum Gasteiger partial charge on any atom is -0.394 e. The van der Waals surface area contributed by atoms with Crippen LogP contribution in [0.15, 0.2) is 5.11 Å². The summed E-state index contributed by atoms with van der Waals surface area (Å²) in [6.07, 6.45) is -5.45. The molecule has 0 aromatic heterocycles. The van der Waals surface area contributed by atoms with Gasteiger partial charge < -0.3 is 25.2 Å². The predicted octanol–water partition coefficient (Wildman–Crippen LogP) is -1.90. The summed E-state index contributed by atoms with van der Waals surface area (Å²) in [5.41, 5.74) is 8.11. The summed E-state index contributed by atoms with van der Waals surface area (Å²) in [7, 11) is 0. The number of hydrogen-bond acceptors (Lipinski definition) is 6. The molecular formula is C6H11N3O5. The van der Waals surface area contributed by atoms with E-state index in [1.54, 1.807) is 0 Å². The van der Waals surface area contributed by atoms with Crippen LogP contribution in [-0.2, 0) is 4.74 Å². The molecular weight excluding hydrogens is 194 g/mol. The number of rotatable bonds is 2. The summed E-state index contributed by atoms with van der Waals surface area (Å²) in [5, 5.41) is 39.7. The van der Waals surface area contributed by atoms with Crippen LogP contribution in [0.2, 0.25) is 0 Å². The molecule has 0 aliphatic carbocycles. The Kier molecular flexibility index (Phi) is 3.64. The van der Waals surface area contributed by atoms with Gasteiger partial charge in [-0.1, -0.05) is 5.11 Å². The fourth-order valence-corrected chi connectivity index (χ4v) is 1.27. The second-order valence-electron chi connectivity index (χ2n) is 2.92. The zero-order valence-electron chi connectivity index (χ0n) is 7.13. The van der Waals surface area contributed by atoms with Gasteiger partial charge in [-0.2, -0.15) is 0 Å². The molecule has 0 saturated carbocycles. The normalized spacial score (nSPS) is 43.0. The van der Waals surface area contributed by atoms with Crippen molar-refractivity contribution in [3.8, 4) is 0 Å².